The summed E-state index contributed by atoms with van der Waals surface area (Å²) in [7, 11) is 0. The summed E-state index contributed by atoms with van der Waals surface area (Å²) >= 11 is 0. The van der Waals surface area contributed by atoms with E-state index in [0.29, 0.717) is 0 Å². The van der Waals surface area contributed by atoms with Gasteiger partial charge in [0.05, 0.1) is 6.07 Å². The maximum atomic E-state index is 9.41. The Labute approximate surface area is 96.3 Å². The molecule has 0 aromatic heterocycles. The fourth-order valence-corrected chi connectivity index (χ4v) is 2.52. The second kappa shape index (κ2) is 3.61. The van der Waals surface area contributed by atoms with E-state index < -0.39 is 0 Å². The van der Waals surface area contributed by atoms with Crippen LogP contribution < -0.4 is 5.32 Å². The molecule has 2 heteroatoms. The highest BCUT2D eigenvalue weighted by atomic mass is 15.0. The molecule has 2 aliphatic carbocycles. The largest absolute Gasteiger partial charge is 0.299 e. The lowest BCUT2D eigenvalue weighted by Crippen LogP contribution is -2.45. The van der Waals surface area contributed by atoms with E-state index >= 15 is 0 Å². The molecule has 0 radical (unpaired) electrons. The quantitative estimate of drug-likeness (QED) is 0.832. The first-order valence-corrected chi connectivity index (χ1v) is 6.04. The van der Waals surface area contributed by atoms with Crippen molar-refractivity contribution in [3.05, 3.63) is 35.4 Å². The molecule has 1 saturated carbocycles. The molecule has 1 aromatic rings. The fourth-order valence-electron chi connectivity index (χ4n) is 2.52. The van der Waals surface area contributed by atoms with Crippen molar-refractivity contribution >= 4 is 0 Å². The Balaban J connectivity index is 1.76. The Hall–Kier alpha value is -1.33. The summed E-state index contributed by atoms with van der Waals surface area (Å²) in [5.41, 5.74) is 2.35. The fraction of sp³-hybridized carbons (Fsp3) is 0.500. The molecule has 1 aromatic carbocycles. The van der Waals surface area contributed by atoms with Crippen LogP contribution >= 0.6 is 0 Å². The van der Waals surface area contributed by atoms with Crippen LogP contribution in [0.1, 0.15) is 24.0 Å². The zero-order chi connectivity index (χ0) is 11.0. The van der Waals surface area contributed by atoms with Crippen LogP contribution in [0.25, 0.3) is 0 Å². The molecule has 0 aliphatic heterocycles. The van der Waals surface area contributed by atoms with Crippen molar-refractivity contribution in [3.8, 4) is 6.07 Å². The Kier molecular flexibility index (Phi) is 2.22. The van der Waals surface area contributed by atoms with E-state index in [1.165, 1.54) is 24.0 Å². The predicted octanol–water partition coefficient (Wildman–Crippen LogP) is 2.05. The Morgan fingerprint density at radius 3 is 2.38 bits per heavy atom. The number of fused-ring (bicyclic) bond motifs is 1. The molecular weight excluding hydrogens is 196 g/mol. The van der Waals surface area contributed by atoms with Crippen LogP contribution in [0.3, 0.4) is 0 Å². The lowest BCUT2D eigenvalue weighted by atomic mass is 9.97. The lowest BCUT2D eigenvalue weighted by Gasteiger charge is -2.22. The maximum Gasteiger partial charge on any atom is 0.114 e. The van der Waals surface area contributed by atoms with Crippen molar-refractivity contribution < 1.29 is 0 Å². The Bertz CT molecular complexity index is 415. The van der Waals surface area contributed by atoms with Gasteiger partial charge in [-0.1, -0.05) is 24.3 Å². The molecule has 3 rings (SSSR count). The van der Waals surface area contributed by atoms with Gasteiger partial charge in [0.15, 0.2) is 0 Å². The number of hydrogen-bond donors (Lipinski definition) is 1. The van der Waals surface area contributed by atoms with Gasteiger partial charge < -0.3 is 0 Å². The van der Waals surface area contributed by atoms with Crippen molar-refractivity contribution in [1.29, 1.82) is 5.26 Å². The third kappa shape index (κ3) is 1.72. The summed E-state index contributed by atoms with van der Waals surface area (Å²) in [5, 5.41) is 12.9. The van der Waals surface area contributed by atoms with Crippen LogP contribution in [-0.4, -0.2) is 12.1 Å². The molecule has 16 heavy (non-hydrogen) atoms. The van der Waals surface area contributed by atoms with Gasteiger partial charge in [-0.3, -0.25) is 5.32 Å². The second-order valence-electron chi connectivity index (χ2n) is 5.14. The third-order valence-electron chi connectivity index (χ3n) is 3.74. The first-order chi connectivity index (χ1) is 7.81. The number of benzene rings is 1. The number of nitriles is 1. The van der Waals surface area contributed by atoms with Crippen molar-refractivity contribution in [3.63, 3.8) is 0 Å². The van der Waals surface area contributed by atoms with Gasteiger partial charge in [0, 0.05) is 12.8 Å². The highest BCUT2D eigenvalue weighted by molar-refractivity contribution is 5.39. The summed E-state index contributed by atoms with van der Waals surface area (Å²) in [6, 6.07) is 10.9. The monoisotopic (exact) mass is 212 g/mol. The minimum atomic E-state index is -0.327. The number of nitrogens with zero attached hydrogens (tertiary/aromatic N) is 1. The average molecular weight is 212 g/mol. The third-order valence-corrected chi connectivity index (χ3v) is 3.74. The summed E-state index contributed by atoms with van der Waals surface area (Å²) < 4.78 is 0. The molecule has 0 heterocycles. The molecule has 1 N–H and O–H groups in total. The lowest BCUT2D eigenvalue weighted by molar-refractivity contribution is 0.421. The minimum Gasteiger partial charge on any atom is -0.299 e. The molecule has 0 atom stereocenters. The van der Waals surface area contributed by atoms with E-state index in [1.807, 2.05) is 0 Å². The molecule has 0 spiro atoms. The van der Waals surface area contributed by atoms with E-state index in [9.17, 15) is 5.26 Å². The van der Waals surface area contributed by atoms with Gasteiger partial charge in [-0.15, -0.1) is 0 Å². The molecule has 2 aliphatic rings. The van der Waals surface area contributed by atoms with Crippen LogP contribution in [-0.2, 0) is 12.8 Å². The van der Waals surface area contributed by atoms with Gasteiger partial charge in [0.2, 0.25) is 0 Å². The summed E-state index contributed by atoms with van der Waals surface area (Å²) in [4.78, 5) is 0. The molecule has 0 amide bonds. The highest BCUT2D eigenvalue weighted by Gasteiger charge is 2.38. The number of rotatable bonds is 3. The van der Waals surface area contributed by atoms with E-state index in [2.05, 4.69) is 35.7 Å². The topological polar surface area (TPSA) is 35.8 Å². The maximum absolute atomic E-state index is 9.41. The summed E-state index contributed by atoms with van der Waals surface area (Å²) in [6.45, 7) is 1.02. The predicted molar refractivity (Wildman–Crippen MR) is 62.9 cm³/mol. The minimum absolute atomic E-state index is 0.327. The van der Waals surface area contributed by atoms with Gasteiger partial charge >= 0.3 is 0 Å². The molecule has 1 fully saturated rings. The van der Waals surface area contributed by atoms with Gasteiger partial charge in [0.25, 0.3) is 0 Å². The zero-order valence-corrected chi connectivity index (χ0v) is 9.37. The van der Waals surface area contributed by atoms with Gasteiger partial charge in [0.1, 0.15) is 5.54 Å². The van der Waals surface area contributed by atoms with Crippen LogP contribution in [0.15, 0.2) is 24.3 Å². The number of hydrogen-bond acceptors (Lipinski definition) is 2. The molecule has 0 bridgehead atoms. The van der Waals surface area contributed by atoms with Crippen molar-refractivity contribution in [2.45, 2.75) is 31.2 Å². The van der Waals surface area contributed by atoms with Crippen LogP contribution in [0, 0.1) is 17.2 Å². The Morgan fingerprint density at radius 2 is 1.88 bits per heavy atom. The van der Waals surface area contributed by atoms with Gasteiger partial charge in [-0.05, 0) is 36.4 Å². The van der Waals surface area contributed by atoms with Crippen molar-refractivity contribution in [2.24, 2.45) is 5.92 Å². The van der Waals surface area contributed by atoms with Gasteiger partial charge in [-0.25, -0.2) is 0 Å². The first-order valence-electron chi connectivity index (χ1n) is 6.04. The van der Waals surface area contributed by atoms with E-state index in [-0.39, 0.29) is 5.54 Å². The van der Waals surface area contributed by atoms with Crippen molar-refractivity contribution in [2.75, 3.05) is 6.54 Å². The average Bonchev–Trinajstić information content (AvgIpc) is 3.06. The number of nitrogens with one attached hydrogen (secondary N) is 1. The zero-order valence-electron chi connectivity index (χ0n) is 9.37. The van der Waals surface area contributed by atoms with Crippen LogP contribution in [0.5, 0.6) is 0 Å². The molecule has 0 saturated heterocycles. The van der Waals surface area contributed by atoms with Crippen molar-refractivity contribution in [1.82, 2.24) is 5.32 Å². The van der Waals surface area contributed by atoms with Crippen LogP contribution in [0.2, 0.25) is 0 Å². The van der Waals surface area contributed by atoms with E-state index in [0.717, 1.165) is 25.3 Å². The van der Waals surface area contributed by atoms with Crippen LogP contribution in [0.4, 0.5) is 0 Å². The molecular formula is C14H16N2. The van der Waals surface area contributed by atoms with E-state index in [1.54, 1.807) is 0 Å². The smallest absolute Gasteiger partial charge is 0.114 e. The molecule has 2 nitrogen and oxygen atoms in total. The summed E-state index contributed by atoms with van der Waals surface area (Å²) in [6.07, 6.45) is 4.40. The summed E-state index contributed by atoms with van der Waals surface area (Å²) in [5.74, 6) is 0.828. The standard InChI is InChI=1S/C14H16N2/c15-10-14(16-9-11-5-6-11)7-12-3-1-2-4-13(12)8-14/h1-4,11,16H,5-9H2. The second-order valence-corrected chi connectivity index (χ2v) is 5.14. The normalized spacial score (nSPS) is 21.4. The van der Waals surface area contributed by atoms with Gasteiger partial charge in [-0.2, -0.15) is 5.26 Å². The first kappa shape index (κ1) is 9.86. The highest BCUT2D eigenvalue weighted by Crippen LogP contribution is 2.32. The SMILES string of the molecule is N#CC1(NCC2CC2)Cc2ccccc2C1. The Morgan fingerprint density at radius 1 is 1.25 bits per heavy atom. The molecule has 0 unspecified atom stereocenters. The van der Waals surface area contributed by atoms with E-state index in [4.69, 9.17) is 0 Å². The molecule has 82 valence electrons.